The molecule has 1 saturated heterocycles. The van der Waals surface area contributed by atoms with Crippen molar-refractivity contribution in [2.24, 2.45) is 29.1 Å². The molecule has 3 nitrogen and oxygen atoms in total. The minimum absolute atomic E-state index is 0.209. The highest BCUT2D eigenvalue weighted by atomic mass is 16.3. The third-order valence-corrected chi connectivity index (χ3v) is 6.73. The molecule has 3 aliphatic carbocycles. The number of hydrogen-bond acceptors (Lipinski definition) is 3. The third kappa shape index (κ3) is 1.51. The summed E-state index contributed by atoms with van der Waals surface area (Å²) >= 11 is 0. The van der Waals surface area contributed by atoms with Crippen LogP contribution in [0.4, 0.5) is 0 Å². The number of likely N-dealkylation sites (tertiary alicyclic amines) is 1. The van der Waals surface area contributed by atoms with Crippen LogP contribution in [0.1, 0.15) is 32.6 Å². The van der Waals surface area contributed by atoms with E-state index in [-0.39, 0.29) is 17.4 Å². The molecule has 2 saturated carbocycles. The average Bonchev–Trinajstić information content (AvgIpc) is 2.83. The number of carbonyl (C=O) groups excluding carboxylic acids is 1. The van der Waals surface area contributed by atoms with Crippen LogP contribution in [0.15, 0.2) is 11.6 Å². The van der Waals surface area contributed by atoms with Crippen LogP contribution in [0.3, 0.4) is 0 Å². The van der Waals surface area contributed by atoms with Crippen molar-refractivity contribution >= 4 is 5.78 Å². The predicted octanol–water partition coefficient (Wildman–Crippen LogP) is 1.86. The number of aliphatic hydroxyl groups excluding tert-OH is 1. The van der Waals surface area contributed by atoms with Crippen LogP contribution < -0.4 is 0 Å². The highest BCUT2D eigenvalue weighted by molar-refractivity contribution is 5.97. The molecule has 110 valence electrons. The van der Waals surface area contributed by atoms with Crippen LogP contribution in [0.5, 0.6) is 0 Å². The average molecular weight is 275 g/mol. The molecule has 0 radical (unpaired) electrons. The Morgan fingerprint density at radius 3 is 3.05 bits per heavy atom. The van der Waals surface area contributed by atoms with Gasteiger partial charge in [-0.05, 0) is 70.0 Å². The maximum Gasteiger partial charge on any atom is 0.162 e. The third-order valence-electron chi connectivity index (χ3n) is 6.73. The molecule has 0 unspecified atom stereocenters. The first-order valence-electron chi connectivity index (χ1n) is 8.10. The Bertz CT molecular complexity index is 485. The second-order valence-electron chi connectivity index (χ2n) is 7.80. The molecule has 0 aromatic heterocycles. The van der Waals surface area contributed by atoms with E-state index in [9.17, 15) is 9.90 Å². The van der Waals surface area contributed by atoms with Gasteiger partial charge in [0.05, 0.1) is 6.10 Å². The quantitative estimate of drug-likeness (QED) is 0.733. The Labute approximate surface area is 121 Å². The molecule has 6 atom stereocenters. The topological polar surface area (TPSA) is 40.5 Å². The first-order chi connectivity index (χ1) is 9.52. The molecule has 1 heterocycles. The Balaban J connectivity index is 1.76. The number of carbonyl (C=O) groups is 1. The molecule has 3 heteroatoms. The fourth-order valence-corrected chi connectivity index (χ4v) is 6.13. The molecule has 0 aromatic carbocycles. The minimum Gasteiger partial charge on any atom is -0.393 e. The summed E-state index contributed by atoms with van der Waals surface area (Å²) < 4.78 is 0. The van der Waals surface area contributed by atoms with Crippen molar-refractivity contribution in [3.8, 4) is 0 Å². The monoisotopic (exact) mass is 275 g/mol. The number of hydrogen-bond donors (Lipinski definition) is 1. The van der Waals surface area contributed by atoms with Crippen molar-refractivity contribution in [3.05, 3.63) is 11.6 Å². The first-order valence-corrected chi connectivity index (χ1v) is 8.10. The lowest BCUT2D eigenvalue weighted by Crippen LogP contribution is -2.42. The zero-order valence-electron chi connectivity index (χ0n) is 12.5. The molecular formula is C17H25NO2. The van der Waals surface area contributed by atoms with Gasteiger partial charge in [0.25, 0.3) is 0 Å². The standard InChI is InChI=1S/C17H25NO2/c1-10-5-12-7-14(19)16-13-3-4-18(2)9-11(13)8-17(12,16)15(20)6-10/h6,11-14,16,19H,3-5,7-9H2,1-2H3/t11-,12+,13+,14+,16+,17-/m1/s1. The van der Waals surface area contributed by atoms with E-state index in [0.717, 1.165) is 38.8 Å². The number of piperidine rings is 1. The number of aliphatic hydroxyl groups is 1. The molecular weight excluding hydrogens is 250 g/mol. The van der Waals surface area contributed by atoms with Gasteiger partial charge in [-0.3, -0.25) is 4.79 Å². The van der Waals surface area contributed by atoms with Crippen LogP contribution in [0.25, 0.3) is 0 Å². The fraction of sp³-hybridized carbons (Fsp3) is 0.824. The van der Waals surface area contributed by atoms with Crippen LogP contribution >= 0.6 is 0 Å². The van der Waals surface area contributed by atoms with Crippen LogP contribution in [-0.2, 0) is 4.79 Å². The summed E-state index contributed by atoms with van der Waals surface area (Å²) in [7, 11) is 2.18. The van der Waals surface area contributed by atoms with Crippen LogP contribution in [-0.4, -0.2) is 42.0 Å². The van der Waals surface area contributed by atoms with E-state index >= 15 is 0 Å². The summed E-state index contributed by atoms with van der Waals surface area (Å²) in [6, 6.07) is 0. The zero-order valence-corrected chi connectivity index (χ0v) is 12.5. The van der Waals surface area contributed by atoms with Crippen LogP contribution in [0, 0.1) is 29.1 Å². The molecule has 0 bridgehead atoms. The summed E-state index contributed by atoms with van der Waals surface area (Å²) in [6.07, 6.45) is 5.70. The van der Waals surface area contributed by atoms with Crippen molar-refractivity contribution in [1.82, 2.24) is 4.90 Å². The maximum absolute atomic E-state index is 12.9. The van der Waals surface area contributed by atoms with Gasteiger partial charge < -0.3 is 10.0 Å². The lowest BCUT2D eigenvalue weighted by Gasteiger charge is -2.38. The summed E-state index contributed by atoms with van der Waals surface area (Å²) in [5.74, 6) is 2.16. The van der Waals surface area contributed by atoms with Crippen molar-refractivity contribution in [2.45, 2.75) is 38.7 Å². The van der Waals surface area contributed by atoms with E-state index in [1.54, 1.807) is 0 Å². The molecule has 4 aliphatic rings. The first kappa shape index (κ1) is 13.0. The normalized spacial score (nSPS) is 51.5. The molecule has 1 spiro atoms. The Morgan fingerprint density at radius 1 is 1.45 bits per heavy atom. The molecule has 1 aliphatic heterocycles. The molecule has 4 rings (SSSR count). The molecule has 0 aromatic rings. The highest BCUT2D eigenvalue weighted by Gasteiger charge is 2.67. The van der Waals surface area contributed by atoms with Gasteiger partial charge in [-0.1, -0.05) is 5.57 Å². The van der Waals surface area contributed by atoms with Crippen molar-refractivity contribution in [2.75, 3.05) is 20.1 Å². The van der Waals surface area contributed by atoms with Gasteiger partial charge in [0.15, 0.2) is 5.78 Å². The fourth-order valence-electron chi connectivity index (χ4n) is 6.13. The summed E-state index contributed by atoms with van der Waals surface area (Å²) in [5.41, 5.74) is 1.00. The van der Waals surface area contributed by atoms with E-state index < -0.39 is 0 Å². The Kier molecular flexibility index (Phi) is 2.72. The van der Waals surface area contributed by atoms with Gasteiger partial charge in [0, 0.05) is 17.9 Å². The summed E-state index contributed by atoms with van der Waals surface area (Å²) in [5, 5.41) is 10.6. The lowest BCUT2D eigenvalue weighted by atomic mass is 9.64. The lowest BCUT2D eigenvalue weighted by molar-refractivity contribution is -0.129. The maximum atomic E-state index is 12.9. The predicted molar refractivity (Wildman–Crippen MR) is 77.1 cm³/mol. The largest absolute Gasteiger partial charge is 0.393 e. The molecule has 20 heavy (non-hydrogen) atoms. The number of rotatable bonds is 0. The van der Waals surface area contributed by atoms with E-state index in [1.807, 2.05) is 6.08 Å². The number of allylic oxidation sites excluding steroid dienone is 2. The highest BCUT2D eigenvalue weighted by Crippen LogP contribution is 2.66. The molecule has 3 fully saturated rings. The number of fused-ring (bicyclic) bond motifs is 2. The minimum atomic E-state index is -0.248. The zero-order chi connectivity index (χ0) is 14.1. The van der Waals surface area contributed by atoms with Gasteiger partial charge in [0.1, 0.15) is 0 Å². The molecule has 0 amide bonds. The van der Waals surface area contributed by atoms with Gasteiger partial charge in [-0.15, -0.1) is 0 Å². The van der Waals surface area contributed by atoms with E-state index in [2.05, 4.69) is 18.9 Å². The Morgan fingerprint density at radius 2 is 2.25 bits per heavy atom. The van der Waals surface area contributed by atoms with Gasteiger partial charge in [-0.2, -0.15) is 0 Å². The second kappa shape index (κ2) is 4.17. The van der Waals surface area contributed by atoms with E-state index in [1.165, 1.54) is 5.57 Å². The number of nitrogens with zero attached hydrogens (tertiary/aromatic N) is 1. The van der Waals surface area contributed by atoms with Gasteiger partial charge >= 0.3 is 0 Å². The Hall–Kier alpha value is -0.670. The second-order valence-corrected chi connectivity index (χ2v) is 7.80. The smallest absolute Gasteiger partial charge is 0.162 e. The molecule has 1 N–H and O–H groups in total. The summed E-state index contributed by atoms with van der Waals surface area (Å²) in [4.78, 5) is 15.3. The van der Waals surface area contributed by atoms with Crippen LogP contribution in [0.2, 0.25) is 0 Å². The SMILES string of the molecule is CC1=CC(=O)[C@]23C[C@@H]4CN(C)CC[C@@H]4[C@H]2[C@@H](O)C[C@@H]3C1. The number of ketones is 1. The van der Waals surface area contributed by atoms with Gasteiger partial charge in [0.2, 0.25) is 0 Å². The van der Waals surface area contributed by atoms with Crippen molar-refractivity contribution < 1.29 is 9.90 Å². The van der Waals surface area contributed by atoms with E-state index in [0.29, 0.717) is 23.5 Å². The van der Waals surface area contributed by atoms with Crippen molar-refractivity contribution in [1.29, 1.82) is 0 Å². The van der Waals surface area contributed by atoms with Crippen molar-refractivity contribution in [3.63, 3.8) is 0 Å². The van der Waals surface area contributed by atoms with E-state index in [4.69, 9.17) is 0 Å². The summed E-state index contributed by atoms with van der Waals surface area (Å²) in [6.45, 7) is 4.30. The van der Waals surface area contributed by atoms with Gasteiger partial charge in [-0.25, -0.2) is 0 Å².